The van der Waals surface area contributed by atoms with E-state index in [9.17, 15) is 24.8 Å². The second-order valence-corrected chi connectivity index (χ2v) is 6.60. The number of carbonyl (C=O) groups excluding carboxylic acids is 1. The van der Waals surface area contributed by atoms with Crippen molar-refractivity contribution in [3.8, 4) is 0 Å². The number of carbonyl (C=O) groups is 2. The summed E-state index contributed by atoms with van der Waals surface area (Å²) < 4.78 is 5.25. The molecule has 0 bridgehead atoms. The van der Waals surface area contributed by atoms with E-state index in [0.717, 1.165) is 4.90 Å². The van der Waals surface area contributed by atoms with E-state index in [1.807, 2.05) is 0 Å². The molecule has 1 N–H and O–H groups in total. The predicted molar refractivity (Wildman–Crippen MR) is 87.5 cm³/mol. The number of carboxylic acid groups (broad SMARTS) is 1. The van der Waals surface area contributed by atoms with Crippen LogP contribution in [0.25, 0.3) is 0 Å². The molecule has 1 aliphatic heterocycles. The normalized spacial score (nSPS) is 18.0. The number of ether oxygens (including phenoxy) is 1. The Balaban J connectivity index is 2.24. The van der Waals surface area contributed by atoms with Crippen LogP contribution in [0.15, 0.2) is 18.5 Å². The van der Waals surface area contributed by atoms with Crippen molar-refractivity contribution in [2.75, 3.05) is 24.5 Å². The van der Waals surface area contributed by atoms with Crippen molar-refractivity contribution in [1.82, 2.24) is 9.88 Å². The molecule has 1 saturated heterocycles. The lowest BCUT2D eigenvalue weighted by Gasteiger charge is -2.40. The molecular formula is C15H20N4O6. The molecule has 2 heterocycles. The zero-order chi connectivity index (χ0) is 18.8. The monoisotopic (exact) mass is 352 g/mol. The number of piperazine rings is 1. The standard InChI is InChI=1S/C15H20N4O6/c1-15(2,3)25-14(22)18-7-6-17(9-12(18)13(20)21)11-8-16-5-4-10(11)19(23)24/h4-5,8,12H,6-7,9H2,1-3H3,(H,20,21). The van der Waals surface area contributed by atoms with Crippen molar-refractivity contribution in [1.29, 1.82) is 0 Å². The Labute approximate surface area is 144 Å². The van der Waals surface area contributed by atoms with Gasteiger partial charge in [-0.05, 0) is 20.8 Å². The first-order valence-electron chi connectivity index (χ1n) is 7.66. The van der Waals surface area contributed by atoms with Gasteiger partial charge in [-0.15, -0.1) is 0 Å². The first-order valence-corrected chi connectivity index (χ1v) is 7.66. The van der Waals surface area contributed by atoms with Gasteiger partial charge in [-0.3, -0.25) is 20.0 Å². The summed E-state index contributed by atoms with van der Waals surface area (Å²) in [7, 11) is 0. The Hall–Kier alpha value is -2.91. The first-order chi connectivity index (χ1) is 11.6. The van der Waals surface area contributed by atoms with Gasteiger partial charge < -0.3 is 14.7 Å². The largest absolute Gasteiger partial charge is 0.480 e. The van der Waals surface area contributed by atoms with E-state index in [1.54, 1.807) is 25.7 Å². The van der Waals surface area contributed by atoms with E-state index in [-0.39, 0.29) is 31.0 Å². The number of hydrogen-bond acceptors (Lipinski definition) is 7. The topological polar surface area (TPSA) is 126 Å². The van der Waals surface area contributed by atoms with E-state index >= 15 is 0 Å². The maximum Gasteiger partial charge on any atom is 0.411 e. The van der Waals surface area contributed by atoms with E-state index in [4.69, 9.17) is 4.74 Å². The van der Waals surface area contributed by atoms with Crippen LogP contribution < -0.4 is 4.90 Å². The minimum absolute atomic E-state index is 0.0674. The van der Waals surface area contributed by atoms with Crippen molar-refractivity contribution < 1.29 is 24.4 Å². The van der Waals surface area contributed by atoms with Gasteiger partial charge in [-0.25, -0.2) is 9.59 Å². The summed E-state index contributed by atoms with van der Waals surface area (Å²) in [5.74, 6) is -1.21. The van der Waals surface area contributed by atoms with E-state index in [1.165, 1.54) is 18.5 Å². The molecule has 1 aliphatic rings. The molecule has 1 fully saturated rings. The molecule has 1 unspecified atom stereocenters. The number of rotatable bonds is 3. The van der Waals surface area contributed by atoms with Gasteiger partial charge in [-0.2, -0.15) is 0 Å². The third-order valence-electron chi connectivity index (χ3n) is 3.61. The van der Waals surface area contributed by atoms with Crippen LogP contribution in [0.3, 0.4) is 0 Å². The van der Waals surface area contributed by atoms with Gasteiger partial charge in [0.05, 0.1) is 11.1 Å². The predicted octanol–water partition coefficient (Wildman–Crippen LogP) is 1.50. The highest BCUT2D eigenvalue weighted by Gasteiger charge is 2.39. The van der Waals surface area contributed by atoms with Gasteiger partial charge in [-0.1, -0.05) is 0 Å². The molecule has 0 aromatic carbocycles. The molecular weight excluding hydrogens is 332 g/mol. The van der Waals surface area contributed by atoms with Gasteiger partial charge in [0.25, 0.3) is 5.69 Å². The number of aliphatic carboxylic acids is 1. The van der Waals surface area contributed by atoms with Gasteiger partial charge in [0.15, 0.2) is 0 Å². The SMILES string of the molecule is CC(C)(C)OC(=O)N1CCN(c2cnccc2[N+](=O)[O-])CC1C(=O)O. The van der Waals surface area contributed by atoms with E-state index in [2.05, 4.69) is 4.98 Å². The molecule has 25 heavy (non-hydrogen) atoms. The molecule has 1 atom stereocenters. The lowest BCUT2D eigenvalue weighted by atomic mass is 10.1. The van der Waals surface area contributed by atoms with Crippen molar-refractivity contribution >= 4 is 23.4 Å². The molecule has 1 aromatic rings. The van der Waals surface area contributed by atoms with Gasteiger partial charge in [0, 0.05) is 31.9 Å². The Bertz CT molecular complexity index is 687. The van der Waals surface area contributed by atoms with Crippen LogP contribution in [0.4, 0.5) is 16.2 Å². The maximum absolute atomic E-state index is 12.2. The lowest BCUT2D eigenvalue weighted by molar-refractivity contribution is -0.384. The third kappa shape index (κ3) is 4.34. The Morgan fingerprint density at radius 2 is 2.08 bits per heavy atom. The zero-order valence-corrected chi connectivity index (χ0v) is 14.2. The first kappa shape index (κ1) is 18.4. The molecule has 10 nitrogen and oxygen atoms in total. The highest BCUT2D eigenvalue weighted by Crippen LogP contribution is 2.29. The highest BCUT2D eigenvalue weighted by molar-refractivity contribution is 5.82. The fraction of sp³-hybridized carbons (Fsp3) is 0.533. The zero-order valence-electron chi connectivity index (χ0n) is 14.2. The fourth-order valence-corrected chi connectivity index (χ4v) is 2.53. The van der Waals surface area contributed by atoms with Crippen LogP contribution in [0, 0.1) is 10.1 Å². The van der Waals surface area contributed by atoms with Crippen LogP contribution in [0.5, 0.6) is 0 Å². The van der Waals surface area contributed by atoms with Crippen LogP contribution in [-0.4, -0.2) is 63.3 Å². The molecule has 0 radical (unpaired) electrons. The fourth-order valence-electron chi connectivity index (χ4n) is 2.53. The number of amides is 1. The number of aromatic nitrogens is 1. The number of carboxylic acids is 1. The van der Waals surface area contributed by atoms with E-state index < -0.39 is 28.6 Å². The minimum Gasteiger partial charge on any atom is -0.480 e. The van der Waals surface area contributed by atoms with Crippen LogP contribution >= 0.6 is 0 Å². The van der Waals surface area contributed by atoms with Crippen LogP contribution in [0.1, 0.15) is 20.8 Å². The maximum atomic E-state index is 12.2. The quantitative estimate of drug-likeness (QED) is 0.640. The molecule has 0 aliphatic carbocycles. The second kappa shape index (κ2) is 6.91. The summed E-state index contributed by atoms with van der Waals surface area (Å²) in [6.45, 7) is 5.27. The van der Waals surface area contributed by atoms with Crippen LogP contribution in [0.2, 0.25) is 0 Å². The second-order valence-electron chi connectivity index (χ2n) is 6.60. The Morgan fingerprint density at radius 1 is 1.40 bits per heavy atom. The van der Waals surface area contributed by atoms with Crippen molar-refractivity contribution in [2.45, 2.75) is 32.4 Å². The molecule has 136 valence electrons. The summed E-state index contributed by atoms with van der Waals surface area (Å²) in [6.07, 6.45) is 1.90. The average molecular weight is 352 g/mol. The third-order valence-corrected chi connectivity index (χ3v) is 3.61. The number of nitrogens with zero attached hydrogens (tertiary/aromatic N) is 4. The summed E-state index contributed by atoms with van der Waals surface area (Å²) in [5.41, 5.74) is -0.688. The van der Waals surface area contributed by atoms with E-state index in [0.29, 0.717) is 0 Å². The number of hydrogen-bond donors (Lipinski definition) is 1. The average Bonchev–Trinajstić information content (AvgIpc) is 2.52. The number of anilines is 1. The molecule has 10 heteroatoms. The number of nitro groups is 1. The highest BCUT2D eigenvalue weighted by atomic mass is 16.6. The molecule has 1 amide bonds. The summed E-state index contributed by atoms with van der Waals surface area (Å²) in [6, 6.07) is 0.0779. The van der Waals surface area contributed by atoms with Crippen molar-refractivity contribution in [3.63, 3.8) is 0 Å². The number of pyridine rings is 1. The van der Waals surface area contributed by atoms with Crippen molar-refractivity contribution in [3.05, 3.63) is 28.6 Å². The molecule has 2 rings (SSSR count). The van der Waals surface area contributed by atoms with Gasteiger partial charge in [0.2, 0.25) is 0 Å². The Morgan fingerprint density at radius 3 is 2.64 bits per heavy atom. The molecule has 0 saturated carbocycles. The smallest absolute Gasteiger partial charge is 0.411 e. The lowest BCUT2D eigenvalue weighted by Crippen LogP contribution is -2.59. The summed E-state index contributed by atoms with van der Waals surface area (Å²) >= 11 is 0. The van der Waals surface area contributed by atoms with Crippen LogP contribution in [-0.2, 0) is 9.53 Å². The van der Waals surface area contributed by atoms with Crippen molar-refractivity contribution in [2.24, 2.45) is 0 Å². The molecule has 1 aromatic heterocycles. The summed E-state index contributed by atoms with van der Waals surface area (Å²) in [4.78, 5) is 41.0. The molecule has 0 spiro atoms. The van der Waals surface area contributed by atoms with Gasteiger partial charge >= 0.3 is 12.1 Å². The minimum atomic E-state index is -1.21. The van der Waals surface area contributed by atoms with Gasteiger partial charge in [0.1, 0.15) is 17.3 Å². The Kier molecular flexibility index (Phi) is 5.10. The summed E-state index contributed by atoms with van der Waals surface area (Å²) in [5, 5.41) is 20.6.